The summed E-state index contributed by atoms with van der Waals surface area (Å²) in [5.41, 5.74) is 4.25. The van der Waals surface area contributed by atoms with Crippen molar-refractivity contribution in [1.29, 1.82) is 0 Å². The third kappa shape index (κ3) is 3.43. The molecule has 0 aliphatic carbocycles. The molecule has 1 aromatic rings. The molecule has 0 heterocycles. The Morgan fingerprint density at radius 1 is 1.44 bits per heavy atom. The highest BCUT2D eigenvalue weighted by Crippen LogP contribution is 2.19. The Labute approximate surface area is 92.8 Å². The molecule has 0 aliphatic rings. The molecule has 0 radical (unpaired) electrons. The molecule has 0 saturated carbocycles. The molecule has 1 aromatic carbocycles. The molecule has 16 heavy (non-hydrogen) atoms. The minimum atomic E-state index is -1.05. The van der Waals surface area contributed by atoms with Gasteiger partial charge in [-0.2, -0.15) is 4.39 Å². The van der Waals surface area contributed by atoms with Crippen LogP contribution >= 0.6 is 0 Å². The van der Waals surface area contributed by atoms with Crippen LogP contribution < -0.4 is 10.5 Å². The smallest absolute Gasteiger partial charge is 0.200 e. The standard InChI is InChI=1S/C11H15F2NO2/c1-11(15,7-14)5-6-16-9-4-2-3-8(12)10(9)13/h2-4,15H,5-7,14H2,1H3. The number of nitrogens with two attached hydrogens (primary N) is 1. The zero-order chi connectivity index (χ0) is 12.2. The van der Waals surface area contributed by atoms with Crippen LogP contribution in [0.15, 0.2) is 18.2 Å². The van der Waals surface area contributed by atoms with Gasteiger partial charge in [-0.1, -0.05) is 6.07 Å². The van der Waals surface area contributed by atoms with Crippen LogP contribution in [0.25, 0.3) is 0 Å². The van der Waals surface area contributed by atoms with E-state index in [1.54, 1.807) is 6.92 Å². The summed E-state index contributed by atoms with van der Waals surface area (Å²) in [6, 6.07) is 3.70. The maximum Gasteiger partial charge on any atom is 0.200 e. The number of ether oxygens (including phenoxy) is 1. The van der Waals surface area contributed by atoms with E-state index in [2.05, 4.69) is 0 Å². The van der Waals surface area contributed by atoms with Crippen molar-refractivity contribution in [2.45, 2.75) is 18.9 Å². The summed E-state index contributed by atoms with van der Waals surface area (Å²) in [5.74, 6) is -2.13. The summed E-state index contributed by atoms with van der Waals surface area (Å²) < 4.78 is 30.9. The van der Waals surface area contributed by atoms with Crippen molar-refractivity contribution in [1.82, 2.24) is 0 Å². The van der Waals surface area contributed by atoms with E-state index in [0.717, 1.165) is 6.07 Å². The molecule has 1 atom stereocenters. The average Bonchev–Trinajstić information content (AvgIpc) is 2.24. The highest BCUT2D eigenvalue weighted by atomic mass is 19.2. The Bertz CT molecular complexity index is 356. The second-order valence-electron chi connectivity index (χ2n) is 3.85. The molecule has 0 bridgehead atoms. The van der Waals surface area contributed by atoms with Crippen molar-refractivity contribution < 1.29 is 18.6 Å². The van der Waals surface area contributed by atoms with Crippen LogP contribution in [0.4, 0.5) is 8.78 Å². The first-order valence-corrected chi connectivity index (χ1v) is 4.95. The number of hydrogen-bond acceptors (Lipinski definition) is 3. The number of aliphatic hydroxyl groups is 1. The lowest BCUT2D eigenvalue weighted by atomic mass is 10.0. The van der Waals surface area contributed by atoms with E-state index in [1.807, 2.05) is 0 Å². The summed E-state index contributed by atoms with van der Waals surface area (Å²) in [6.45, 7) is 1.71. The fraction of sp³-hybridized carbons (Fsp3) is 0.455. The average molecular weight is 231 g/mol. The van der Waals surface area contributed by atoms with Gasteiger partial charge in [0.2, 0.25) is 5.82 Å². The molecule has 5 heteroatoms. The molecule has 1 unspecified atom stereocenters. The van der Waals surface area contributed by atoms with Gasteiger partial charge < -0.3 is 15.6 Å². The van der Waals surface area contributed by atoms with E-state index in [9.17, 15) is 13.9 Å². The summed E-state index contributed by atoms with van der Waals surface area (Å²) in [7, 11) is 0. The van der Waals surface area contributed by atoms with Crippen molar-refractivity contribution >= 4 is 0 Å². The van der Waals surface area contributed by atoms with Gasteiger partial charge in [0.05, 0.1) is 12.2 Å². The summed E-state index contributed by atoms with van der Waals surface area (Å²) >= 11 is 0. The summed E-state index contributed by atoms with van der Waals surface area (Å²) in [4.78, 5) is 0. The largest absolute Gasteiger partial charge is 0.490 e. The molecular formula is C11H15F2NO2. The lowest BCUT2D eigenvalue weighted by molar-refractivity contribution is 0.0447. The van der Waals surface area contributed by atoms with Crippen molar-refractivity contribution in [2.24, 2.45) is 5.73 Å². The van der Waals surface area contributed by atoms with Crippen LogP contribution in [0.3, 0.4) is 0 Å². The molecule has 0 fully saturated rings. The molecule has 0 amide bonds. The second-order valence-corrected chi connectivity index (χ2v) is 3.85. The van der Waals surface area contributed by atoms with E-state index < -0.39 is 17.2 Å². The minimum absolute atomic E-state index is 0.0740. The van der Waals surface area contributed by atoms with E-state index >= 15 is 0 Å². The molecule has 1 rings (SSSR count). The number of rotatable bonds is 5. The van der Waals surface area contributed by atoms with Gasteiger partial charge in [-0.25, -0.2) is 4.39 Å². The van der Waals surface area contributed by atoms with Gasteiger partial charge in [-0.3, -0.25) is 0 Å². The van der Waals surface area contributed by atoms with Crippen molar-refractivity contribution in [3.8, 4) is 5.75 Å². The Kier molecular flexibility index (Phi) is 4.20. The summed E-state index contributed by atoms with van der Waals surface area (Å²) in [6.07, 6.45) is 0.249. The van der Waals surface area contributed by atoms with Crippen molar-refractivity contribution in [2.75, 3.05) is 13.2 Å². The first-order chi connectivity index (χ1) is 7.46. The number of halogens is 2. The van der Waals surface area contributed by atoms with E-state index in [-0.39, 0.29) is 25.3 Å². The zero-order valence-corrected chi connectivity index (χ0v) is 9.04. The highest BCUT2D eigenvalue weighted by molar-refractivity contribution is 5.24. The van der Waals surface area contributed by atoms with Crippen LogP contribution in [0, 0.1) is 11.6 Å². The van der Waals surface area contributed by atoms with Gasteiger partial charge in [0.15, 0.2) is 11.6 Å². The molecule has 0 aliphatic heterocycles. The topological polar surface area (TPSA) is 55.5 Å². The van der Waals surface area contributed by atoms with E-state index in [4.69, 9.17) is 10.5 Å². The van der Waals surface area contributed by atoms with Gasteiger partial charge in [-0.15, -0.1) is 0 Å². The maximum absolute atomic E-state index is 13.1. The fourth-order valence-corrected chi connectivity index (χ4v) is 1.08. The van der Waals surface area contributed by atoms with Crippen LogP contribution in [0.2, 0.25) is 0 Å². The van der Waals surface area contributed by atoms with Gasteiger partial charge in [0.25, 0.3) is 0 Å². The van der Waals surface area contributed by atoms with Crippen LogP contribution in [0.1, 0.15) is 13.3 Å². The predicted octanol–water partition coefficient (Wildman–Crippen LogP) is 1.44. The molecule has 90 valence electrons. The molecule has 0 saturated heterocycles. The number of benzene rings is 1. The van der Waals surface area contributed by atoms with Crippen molar-refractivity contribution in [3.63, 3.8) is 0 Å². The minimum Gasteiger partial charge on any atom is -0.490 e. The third-order valence-electron chi connectivity index (χ3n) is 2.25. The Balaban J connectivity index is 2.53. The first-order valence-electron chi connectivity index (χ1n) is 4.95. The first kappa shape index (κ1) is 12.9. The SMILES string of the molecule is CC(O)(CN)CCOc1cccc(F)c1F. The Morgan fingerprint density at radius 2 is 2.12 bits per heavy atom. The maximum atomic E-state index is 13.1. The summed E-state index contributed by atoms with van der Waals surface area (Å²) in [5, 5.41) is 9.55. The lowest BCUT2D eigenvalue weighted by Gasteiger charge is -2.20. The molecule has 0 spiro atoms. The van der Waals surface area contributed by atoms with Gasteiger partial charge in [0, 0.05) is 13.0 Å². The van der Waals surface area contributed by atoms with Gasteiger partial charge in [0.1, 0.15) is 0 Å². The molecule has 3 nitrogen and oxygen atoms in total. The fourth-order valence-electron chi connectivity index (χ4n) is 1.08. The molecule has 3 N–H and O–H groups in total. The third-order valence-corrected chi connectivity index (χ3v) is 2.25. The quantitative estimate of drug-likeness (QED) is 0.806. The van der Waals surface area contributed by atoms with Gasteiger partial charge >= 0.3 is 0 Å². The monoisotopic (exact) mass is 231 g/mol. The number of hydrogen-bond donors (Lipinski definition) is 2. The molecular weight excluding hydrogens is 216 g/mol. The van der Waals surface area contributed by atoms with Crippen LogP contribution in [-0.4, -0.2) is 23.9 Å². The van der Waals surface area contributed by atoms with Crippen LogP contribution in [0.5, 0.6) is 5.75 Å². The second kappa shape index (κ2) is 5.23. The predicted molar refractivity (Wildman–Crippen MR) is 56.1 cm³/mol. The van der Waals surface area contributed by atoms with Crippen LogP contribution in [-0.2, 0) is 0 Å². The highest BCUT2D eigenvalue weighted by Gasteiger charge is 2.18. The normalized spacial score (nSPS) is 14.6. The van der Waals surface area contributed by atoms with E-state index in [0.29, 0.717) is 0 Å². The Hall–Kier alpha value is -1.20. The van der Waals surface area contributed by atoms with Gasteiger partial charge in [-0.05, 0) is 19.1 Å². The zero-order valence-electron chi connectivity index (χ0n) is 9.04. The van der Waals surface area contributed by atoms with E-state index in [1.165, 1.54) is 12.1 Å². The Morgan fingerprint density at radius 3 is 2.75 bits per heavy atom. The molecule has 0 aromatic heterocycles. The lowest BCUT2D eigenvalue weighted by Crippen LogP contribution is -2.35. The van der Waals surface area contributed by atoms with Crippen molar-refractivity contribution in [3.05, 3.63) is 29.8 Å².